The quantitative estimate of drug-likeness (QED) is 0.515. The van der Waals surface area contributed by atoms with Gasteiger partial charge in [-0.25, -0.2) is 0 Å². The molecule has 0 spiro atoms. The van der Waals surface area contributed by atoms with Crippen molar-refractivity contribution >= 4 is 46.1 Å². The Morgan fingerprint density at radius 2 is 0.800 bits per heavy atom. The maximum atomic E-state index is 0. The molecule has 0 N–H and O–H groups in total. The molecule has 0 aromatic heterocycles. The first-order valence-corrected chi connectivity index (χ1v) is 0. The van der Waals surface area contributed by atoms with Gasteiger partial charge in [-0.15, -0.1) is 0 Å². The third-order valence-corrected chi connectivity index (χ3v) is 0. The van der Waals surface area contributed by atoms with Gasteiger partial charge in [-0.2, -0.15) is 0 Å². The van der Waals surface area contributed by atoms with Crippen LogP contribution < -0.4 is 0 Å². The molecule has 0 bridgehead atoms. The van der Waals surface area contributed by atoms with Crippen LogP contribution in [0.5, 0.6) is 0 Å². The molecular weight excluding hydrogens is 294 g/mol. The van der Waals surface area contributed by atoms with E-state index in [4.69, 9.17) is 0 Å². The summed E-state index contributed by atoms with van der Waals surface area (Å²) in [6, 6.07) is 0. The molecule has 13 valence electrons. The third kappa shape index (κ3) is 17.9. The monoisotopic (exact) mass is 291 g/mol. The average Bonchev–Trinajstić information content (AvgIpc) is 0. The standard InChI is InChI=1S/2Mg.Y.Zn.Zr. The molecule has 0 rings (SSSR count). The summed E-state index contributed by atoms with van der Waals surface area (Å²) in [4.78, 5) is 0. The fourth-order valence-electron chi connectivity index (χ4n) is 0. The molecule has 0 atom stereocenters. The maximum Gasteiger partial charge on any atom is 0 e. The van der Waals surface area contributed by atoms with Crippen molar-refractivity contribution in [3.63, 3.8) is 0 Å². The van der Waals surface area contributed by atoms with Gasteiger partial charge >= 0.3 is 0 Å². The minimum Gasteiger partial charge on any atom is 0 e. The molecule has 0 amide bonds. The van der Waals surface area contributed by atoms with Gasteiger partial charge in [-0.1, -0.05) is 0 Å². The topological polar surface area (TPSA) is 0 Å². The van der Waals surface area contributed by atoms with E-state index in [9.17, 15) is 0 Å². The fourth-order valence-corrected chi connectivity index (χ4v) is 0. The SMILES string of the molecule is [Mg].[Mg].[Y].[Zn].[Zr]. The Balaban J connectivity index is 0. The molecule has 0 nitrogen and oxygen atoms in total. The zero-order valence-corrected chi connectivity index (χ0v) is 14.3. The van der Waals surface area contributed by atoms with Crippen LogP contribution in [-0.2, 0) is 78.4 Å². The smallest absolute Gasteiger partial charge is 0 e. The largest absolute Gasteiger partial charge is 0 e. The second-order valence-electron chi connectivity index (χ2n) is 0. The van der Waals surface area contributed by atoms with Crippen LogP contribution in [0.1, 0.15) is 0 Å². The van der Waals surface area contributed by atoms with E-state index in [0.717, 1.165) is 0 Å². The van der Waals surface area contributed by atoms with Crippen molar-refractivity contribution in [1.82, 2.24) is 0 Å². The van der Waals surface area contributed by atoms with E-state index in [0.29, 0.717) is 0 Å². The second kappa shape index (κ2) is 24.2. The van der Waals surface area contributed by atoms with Gasteiger partial charge in [-0.3, -0.25) is 0 Å². The molecule has 0 aromatic rings. The van der Waals surface area contributed by atoms with Crippen molar-refractivity contribution < 1.29 is 78.4 Å². The predicted octanol–water partition coefficient (Wildman–Crippen LogP) is -0.769. The molecule has 0 aliphatic rings. The molecule has 5 radical (unpaired) electrons. The van der Waals surface area contributed by atoms with Gasteiger partial charge in [0.1, 0.15) is 0 Å². The summed E-state index contributed by atoms with van der Waals surface area (Å²) >= 11 is 0. The van der Waals surface area contributed by atoms with Crippen molar-refractivity contribution in [3.05, 3.63) is 0 Å². The Hall–Kier alpha value is 4.14. The number of rotatable bonds is 0. The van der Waals surface area contributed by atoms with Crippen LogP contribution in [0.4, 0.5) is 0 Å². The Morgan fingerprint density at radius 3 is 0.800 bits per heavy atom. The normalized spacial score (nSPS) is 0. The van der Waals surface area contributed by atoms with Crippen molar-refractivity contribution in [3.8, 4) is 0 Å². The summed E-state index contributed by atoms with van der Waals surface area (Å²) in [6.45, 7) is 0. The van der Waals surface area contributed by atoms with Gasteiger partial charge in [-0.05, 0) is 0 Å². The number of hydrogen-bond donors (Lipinski definition) is 0. The van der Waals surface area contributed by atoms with Crippen LogP contribution in [-0.4, -0.2) is 46.1 Å². The molecule has 0 unspecified atom stereocenters. The Morgan fingerprint density at radius 1 is 0.800 bits per heavy atom. The Bertz CT molecular complexity index is 9.61. The molecule has 0 aromatic carbocycles. The van der Waals surface area contributed by atoms with Gasteiger partial charge in [0.25, 0.3) is 0 Å². The summed E-state index contributed by atoms with van der Waals surface area (Å²) in [5.74, 6) is 0. The van der Waals surface area contributed by atoms with E-state index in [1.54, 1.807) is 0 Å². The van der Waals surface area contributed by atoms with E-state index in [1.165, 1.54) is 0 Å². The van der Waals surface area contributed by atoms with Crippen LogP contribution in [0.2, 0.25) is 0 Å². The van der Waals surface area contributed by atoms with E-state index in [-0.39, 0.29) is 124 Å². The summed E-state index contributed by atoms with van der Waals surface area (Å²) in [5, 5.41) is 0. The zero-order valence-electron chi connectivity index (χ0n) is 3.20. The molecule has 0 aliphatic heterocycles. The molecule has 0 fully saturated rings. The van der Waals surface area contributed by atoms with Gasteiger partial charge in [0, 0.05) is 124 Å². The minimum absolute atomic E-state index is 0. The van der Waals surface area contributed by atoms with E-state index < -0.39 is 0 Å². The molecule has 0 saturated heterocycles. The summed E-state index contributed by atoms with van der Waals surface area (Å²) in [5.41, 5.74) is 0. The van der Waals surface area contributed by atoms with Crippen molar-refractivity contribution in [2.75, 3.05) is 0 Å². The summed E-state index contributed by atoms with van der Waals surface area (Å²) in [6.07, 6.45) is 0. The number of hydrogen-bond acceptors (Lipinski definition) is 0. The zero-order chi connectivity index (χ0) is 0. The minimum atomic E-state index is 0. The molecule has 0 heterocycles. The van der Waals surface area contributed by atoms with Crippen LogP contribution in [0.15, 0.2) is 0 Å². The van der Waals surface area contributed by atoms with Crippen LogP contribution in [0.25, 0.3) is 0 Å². The van der Waals surface area contributed by atoms with Crippen molar-refractivity contribution in [2.45, 2.75) is 0 Å². The van der Waals surface area contributed by atoms with Gasteiger partial charge in [0.2, 0.25) is 0 Å². The van der Waals surface area contributed by atoms with Crippen molar-refractivity contribution in [2.24, 2.45) is 0 Å². The van der Waals surface area contributed by atoms with Gasteiger partial charge < -0.3 is 0 Å². The third-order valence-electron chi connectivity index (χ3n) is 0. The maximum absolute atomic E-state index is 0. The van der Waals surface area contributed by atoms with Crippen LogP contribution in [0, 0.1) is 0 Å². The first-order chi connectivity index (χ1) is 0. The molecular formula is Mg2YZnZr. The molecule has 0 saturated carbocycles. The fraction of sp³-hybridized carbons (Fsp3) is 0. The second-order valence-corrected chi connectivity index (χ2v) is 0. The van der Waals surface area contributed by atoms with E-state index in [1.807, 2.05) is 0 Å². The average molecular weight is 294 g/mol. The Kier molecular flexibility index (Phi) is 171. The first kappa shape index (κ1) is 35.3. The van der Waals surface area contributed by atoms with Crippen LogP contribution >= 0.6 is 0 Å². The summed E-state index contributed by atoms with van der Waals surface area (Å²) < 4.78 is 0. The first-order valence-electron chi connectivity index (χ1n) is 0. The molecule has 5 heavy (non-hydrogen) atoms. The molecule has 0 aliphatic carbocycles. The van der Waals surface area contributed by atoms with Gasteiger partial charge in [0.15, 0.2) is 0 Å². The van der Waals surface area contributed by atoms with E-state index in [2.05, 4.69) is 0 Å². The predicted molar refractivity (Wildman–Crippen MR) is 11.5 cm³/mol. The van der Waals surface area contributed by atoms with Crippen molar-refractivity contribution in [1.29, 1.82) is 0 Å². The summed E-state index contributed by atoms with van der Waals surface area (Å²) in [7, 11) is 0. The van der Waals surface area contributed by atoms with Crippen LogP contribution in [0.3, 0.4) is 0 Å². The molecule has 5 heteroatoms. The van der Waals surface area contributed by atoms with Gasteiger partial charge in [0.05, 0.1) is 0 Å². The van der Waals surface area contributed by atoms with E-state index >= 15 is 0 Å². The Labute approximate surface area is 121 Å².